The van der Waals surface area contributed by atoms with Gasteiger partial charge in [0.2, 0.25) is 5.91 Å². The minimum atomic E-state index is -2.91. The van der Waals surface area contributed by atoms with Crippen molar-refractivity contribution < 1.29 is 29.4 Å². The van der Waals surface area contributed by atoms with Crippen molar-refractivity contribution in [3.05, 3.63) is 107 Å². The third-order valence-electron chi connectivity index (χ3n) is 5.01. The van der Waals surface area contributed by atoms with Crippen LogP contribution in [0.15, 0.2) is 79.1 Å². The van der Waals surface area contributed by atoms with Crippen LogP contribution < -0.4 is 11.1 Å². The van der Waals surface area contributed by atoms with Crippen molar-refractivity contribution in [1.29, 1.82) is 0 Å². The van der Waals surface area contributed by atoms with E-state index in [4.69, 9.17) is 25.5 Å². The zero-order valence-corrected chi connectivity index (χ0v) is 20.2. The van der Waals surface area contributed by atoms with Crippen molar-refractivity contribution in [1.82, 2.24) is 4.98 Å². The van der Waals surface area contributed by atoms with Crippen molar-refractivity contribution in [2.45, 2.75) is 26.2 Å². The Morgan fingerprint density at radius 3 is 2.58 bits per heavy atom. The van der Waals surface area contributed by atoms with Gasteiger partial charge in [-0.05, 0) is 60.0 Å². The van der Waals surface area contributed by atoms with E-state index >= 15 is 0 Å². The lowest BCUT2D eigenvalue weighted by atomic mass is 9.97. The summed E-state index contributed by atoms with van der Waals surface area (Å²) in [6.07, 6.45) is 1.49. The van der Waals surface area contributed by atoms with E-state index in [1.165, 1.54) is 24.4 Å². The van der Waals surface area contributed by atoms with Crippen LogP contribution in [0.25, 0.3) is 10.8 Å². The minimum absolute atomic E-state index is 0. The van der Waals surface area contributed by atoms with E-state index in [1.807, 2.05) is 0 Å². The lowest BCUT2D eigenvalue weighted by molar-refractivity contribution is -0.117. The second kappa shape index (κ2) is 13.0. The summed E-state index contributed by atoms with van der Waals surface area (Å²) in [5, 5.41) is 3.79. The number of nitrogens with two attached hydrogens (primary N) is 1. The van der Waals surface area contributed by atoms with E-state index in [-0.39, 0.29) is 47.7 Å². The number of amides is 1. The molecule has 0 fully saturated rings. The number of carbonyl (C=O) groups is 2. The third kappa shape index (κ3) is 6.82. The van der Waals surface area contributed by atoms with Gasteiger partial charge >= 0.3 is 5.97 Å². The molecule has 3 N–H and O–H groups in total. The number of aromatic nitrogens is 1. The number of halogens is 2. The van der Waals surface area contributed by atoms with Crippen molar-refractivity contribution in [3.63, 3.8) is 0 Å². The van der Waals surface area contributed by atoms with E-state index in [0.717, 1.165) is 30.3 Å². The standard InChI is InChI=1S/C28H27N3O3.2ClH/c1-18-3-10-25(19(2)13-18)28(33)34-17-20-4-6-21(7-5-20)26(15-29)27(32)31-24-9-8-23-16-30-12-11-22(23)14-24;;/h3-14,16,26H,15,17,29H2,1-2H3,(H,31,32);2*1H/t26-;;/m1../s1/i1D3,2D3,15D2,16D,17D2;;. The van der Waals surface area contributed by atoms with Crippen molar-refractivity contribution in [2.75, 3.05) is 11.8 Å². The number of hydrogen-bond acceptors (Lipinski definition) is 5. The second-order valence-electron chi connectivity index (χ2n) is 7.32. The van der Waals surface area contributed by atoms with Crippen LogP contribution in [0.3, 0.4) is 0 Å². The summed E-state index contributed by atoms with van der Waals surface area (Å²) < 4.78 is 91.5. The smallest absolute Gasteiger partial charge is 0.338 e. The Morgan fingerprint density at radius 1 is 1.06 bits per heavy atom. The average molecular weight is 538 g/mol. The van der Waals surface area contributed by atoms with Crippen LogP contribution in [0.2, 0.25) is 0 Å². The quantitative estimate of drug-likeness (QED) is 0.294. The number of esters is 1. The summed E-state index contributed by atoms with van der Waals surface area (Å²) in [7, 11) is 0. The van der Waals surface area contributed by atoms with Gasteiger partial charge in [-0.15, -0.1) is 24.8 Å². The molecule has 1 heterocycles. The maximum absolute atomic E-state index is 13.2. The van der Waals surface area contributed by atoms with Gasteiger partial charge in [-0.1, -0.05) is 48.0 Å². The first-order valence-electron chi connectivity index (χ1n) is 15.6. The first-order valence-corrected chi connectivity index (χ1v) is 10.1. The van der Waals surface area contributed by atoms with Crippen LogP contribution in [0.1, 0.15) is 53.6 Å². The van der Waals surface area contributed by atoms with Crippen LogP contribution in [-0.4, -0.2) is 23.4 Å². The first kappa shape index (κ1) is 16.3. The Labute approximate surface area is 238 Å². The maximum atomic E-state index is 13.2. The molecule has 0 saturated carbocycles. The van der Waals surface area contributed by atoms with Crippen molar-refractivity contribution in [3.8, 4) is 0 Å². The molecule has 0 aliphatic carbocycles. The van der Waals surface area contributed by atoms with Gasteiger partial charge < -0.3 is 15.8 Å². The largest absolute Gasteiger partial charge is 0.457 e. The van der Waals surface area contributed by atoms with E-state index in [2.05, 4.69) is 10.3 Å². The topological polar surface area (TPSA) is 94.3 Å². The van der Waals surface area contributed by atoms with Crippen LogP contribution in [0.5, 0.6) is 0 Å². The summed E-state index contributed by atoms with van der Waals surface area (Å²) in [4.78, 5) is 30.1. The fraction of sp³-hybridized carbons (Fsp3) is 0.179. The zero-order valence-electron chi connectivity index (χ0n) is 29.6. The van der Waals surface area contributed by atoms with E-state index in [9.17, 15) is 9.59 Å². The lowest BCUT2D eigenvalue weighted by Gasteiger charge is -2.16. The molecule has 1 amide bonds. The number of carbonyl (C=O) groups excluding carboxylic acids is 2. The molecule has 0 spiro atoms. The van der Waals surface area contributed by atoms with Gasteiger partial charge in [0.1, 0.15) is 6.56 Å². The Morgan fingerprint density at radius 2 is 1.86 bits per heavy atom. The Balaban J connectivity index is 0.00000384. The van der Waals surface area contributed by atoms with Gasteiger partial charge in [-0.3, -0.25) is 9.78 Å². The number of nitrogens with one attached hydrogen (secondary N) is 1. The molecular weight excluding hydrogens is 497 g/mol. The van der Waals surface area contributed by atoms with Crippen LogP contribution >= 0.6 is 24.8 Å². The zero-order chi connectivity index (χ0) is 33.5. The summed E-state index contributed by atoms with van der Waals surface area (Å²) in [6, 6.07) is 14.0. The molecular formula is C28H29Cl2N3O3. The predicted molar refractivity (Wildman–Crippen MR) is 148 cm³/mol. The number of anilines is 1. The molecule has 3 aromatic carbocycles. The van der Waals surface area contributed by atoms with Crippen LogP contribution in [0, 0.1) is 13.7 Å². The molecule has 0 aliphatic heterocycles. The van der Waals surface area contributed by atoms with Gasteiger partial charge in [0.05, 0.1) is 15.6 Å². The number of benzene rings is 3. The number of fused-ring (bicyclic) bond motifs is 1. The molecule has 4 aromatic rings. The monoisotopic (exact) mass is 536 g/mol. The van der Waals surface area contributed by atoms with Gasteiger partial charge in [0, 0.05) is 40.9 Å². The normalized spacial score (nSPS) is 17.1. The number of pyridine rings is 1. The molecule has 0 saturated heterocycles. The molecule has 6 nitrogen and oxygen atoms in total. The molecule has 8 heteroatoms. The molecule has 188 valence electrons. The molecule has 0 bridgehead atoms. The molecule has 36 heavy (non-hydrogen) atoms. The lowest BCUT2D eigenvalue weighted by Crippen LogP contribution is -2.27. The van der Waals surface area contributed by atoms with Gasteiger partial charge in [0.25, 0.3) is 0 Å². The molecule has 1 aromatic heterocycles. The average Bonchev–Trinajstić information content (AvgIpc) is 2.91. The number of ether oxygens (including phenoxy) is 1. The Bertz CT molecular complexity index is 1760. The minimum Gasteiger partial charge on any atom is -0.457 e. The highest BCUT2D eigenvalue weighted by Crippen LogP contribution is 2.22. The maximum Gasteiger partial charge on any atom is 0.338 e. The highest BCUT2D eigenvalue weighted by molar-refractivity contribution is 5.98. The Hall–Kier alpha value is -3.45. The highest BCUT2D eigenvalue weighted by Gasteiger charge is 2.19. The van der Waals surface area contributed by atoms with Gasteiger partial charge in [-0.2, -0.15) is 0 Å². The summed E-state index contributed by atoms with van der Waals surface area (Å²) in [6.45, 7) is -10.9. The van der Waals surface area contributed by atoms with E-state index < -0.39 is 55.7 Å². The number of aryl methyl sites for hydroxylation is 2. The predicted octanol–water partition coefficient (Wildman–Crippen LogP) is 5.73. The molecule has 1 atom stereocenters. The van der Waals surface area contributed by atoms with Crippen LogP contribution in [0.4, 0.5) is 5.69 Å². The fourth-order valence-corrected chi connectivity index (χ4v) is 3.27. The second-order valence-corrected chi connectivity index (χ2v) is 7.32. The number of hydrogen-bond donors (Lipinski definition) is 2. The highest BCUT2D eigenvalue weighted by atomic mass is 35.5. The third-order valence-corrected chi connectivity index (χ3v) is 5.01. The van der Waals surface area contributed by atoms with E-state index in [0.29, 0.717) is 16.5 Å². The summed E-state index contributed by atoms with van der Waals surface area (Å²) in [5.74, 6) is -3.72. The molecule has 0 radical (unpaired) electrons. The number of nitrogens with zero attached hydrogens (tertiary/aromatic N) is 1. The summed E-state index contributed by atoms with van der Waals surface area (Å²) >= 11 is 0. The summed E-state index contributed by atoms with van der Waals surface area (Å²) in [5.41, 5.74) is 4.43. The van der Waals surface area contributed by atoms with Crippen molar-refractivity contribution >= 4 is 53.2 Å². The van der Waals surface area contributed by atoms with Gasteiger partial charge in [0.15, 0.2) is 0 Å². The Kier molecular flexibility index (Phi) is 5.91. The molecule has 0 unspecified atom stereocenters. The van der Waals surface area contributed by atoms with Crippen molar-refractivity contribution in [2.24, 2.45) is 5.73 Å². The molecule has 0 aliphatic rings. The fourth-order valence-electron chi connectivity index (χ4n) is 3.27. The first-order chi connectivity index (χ1) is 20.7. The van der Waals surface area contributed by atoms with E-state index in [1.54, 1.807) is 18.2 Å². The van der Waals surface area contributed by atoms with Gasteiger partial charge in [-0.25, -0.2) is 4.79 Å². The number of rotatable bonds is 7. The SMILES string of the molecule is Cl.Cl.[2H]c1nccc2cc(NC(=O)[C@@H](c3ccc(C([2H])([2H])OC(=O)c4ccc(C([2H])([2H])[2H])cc4C([2H])([2H])[2H])cc3)C([2H])([2H])N)ccc12. The molecule has 4 rings (SSSR count). The van der Waals surface area contributed by atoms with Crippen LogP contribution in [-0.2, 0) is 16.1 Å².